The molecule has 0 aliphatic carbocycles. The normalized spacial score (nSPS) is 11.6. The number of thiazole rings is 1. The van der Waals surface area contributed by atoms with Gasteiger partial charge in [-0.1, -0.05) is 23.7 Å². The van der Waals surface area contributed by atoms with Gasteiger partial charge >= 0.3 is 5.97 Å². The number of hydrogen-bond donors (Lipinski definition) is 1. The molecule has 124 valence electrons. The topological polar surface area (TPSA) is 84.3 Å². The van der Waals surface area contributed by atoms with E-state index in [9.17, 15) is 13.2 Å². The lowest BCUT2D eigenvalue weighted by atomic mass is 10.2. The van der Waals surface area contributed by atoms with Crippen molar-refractivity contribution in [3.8, 4) is 21.8 Å². The quantitative estimate of drug-likeness (QED) is 0.707. The van der Waals surface area contributed by atoms with Crippen molar-refractivity contribution < 1.29 is 18.3 Å². The van der Waals surface area contributed by atoms with E-state index in [0.717, 1.165) is 23.2 Å². The second-order valence-electron chi connectivity index (χ2n) is 4.93. The average molecular weight is 400 g/mol. The van der Waals surface area contributed by atoms with E-state index in [1.54, 1.807) is 17.5 Å². The molecule has 1 aromatic carbocycles. The molecule has 2 aromatic heterocycles. The van der Waals surface area contributed by atoms with Gasteiger partial charge in [-0.25, -0.2) is 18.2 Å². The Hall–Kier alpha value is -1.74. The molecule has 0 aliphatic heterocycles. The van der Waals surface area contributed by atoms with E-state index in [-0.39, 0.29) is 9.09 Å². The first-order chi connectivity index (χ1) is 11.3. The second-order valence-corrected chi connectivity index (χ2v) is 9.49. The van der Waals surface area contributed by atoms with Crippen molar-refractivity contribution in [2.45, 2.75) is 4.21 Å². The first-order valence-corrected chi connectivity index (χ1v) is 10.5. The van der Waals surface area contributed by atoms with Gasteiger partial charge in [0.05, 0.1) is 5.69 Å². The smallest absolute Gasteiger partial charge is 0.345 e. The van der Waals surface area contributed by atoms with Crippen LogP contribution in [-0.4, -0.2) is 30.7 Å². The minimum absolute atomic E-state index is 0.0110. The highest BCUT2D eigenvalue weighted by Crippen LogP contribution is 2.38. The van der Waals surface area contributed by atoms with E-state index in [4.69, 9.17) is 16.7 Å². The number of halogens is 1. The standard InChI is InChI=1S/C15H10ClNO4S3/c1-24(20,21)15-10(6-12(23-15)14(18)19)13-17-11(7-22-13)8-2-4-9(16)5-3-8/h2-7H,1H3,(H,18,19). The molecule has 0 radical (unpaired) electrons. The van der Waals surface area contributed by atoms with Crippen LogP contribution in [0, 0.1) is 0 Å². The number of sulfone groups is 1. The van der Waals surface area contributed by atoms with Gasteiger partial charge in [0.1, 0.15) is 14.1 Å². The molecule has 2 heterocycles. The number of carbonyl (C=O) groups is 1. The Balaban J connectivity index is 2.10. The summed E-state index contributed by atoms with van der Waals surface area (Å²) in [6.45, 7) is 0. The van der Waals surface area contributed by atoms with Crippen LogP contribution in [0.5, 0.6) is 0 Å². The number of carboxylic acids is 1. The van der Waals surface area contributed by atoms with Crippen molar-refractivity contribution in [2.75, 3.05) is 6.26 Å². The second kappa shape index (κ2) is 6.29. The molecule has 0 bridgehead atoms. The zero-order chi connectivity index (χ0) is 17.5. The molecular formula is C15H10ClNO4S3. The fraction of sp³-hybridized carbons (Fsp3) is 0.0667. The van der Waals surface area contributed by atoms with Crippen LogP contribution >= 0.6 is 34.3 Å². The van der Waals surface area contributed by atoms with Crippen molar-refractivity contribution in [1.29, 1.82) is 0 Å². The molecule has 0 spiro atoms. The largest absolute Gasteiger partial charge is 0.477 e. The summed E-state index contributed by atoms with van der Waals surface area (Å²) >= 11 is 7.87. The molecule has 0 atom stereocenters. The van der Waals surface area contributed by atoms with Crippen LogP contribution in [0.25, 0.3) is 21.8 Å². The van der Waals surface area contributed by atoms with Crippen LogP contribution in [0.1, 0.15) is 9.67 Å². The highest BCUT2D eigenvalue weighted by molar-refractivity contribution is 7.93. The summed E-state index contributed by atoms with van der Waals surface area (Å²) in [6.07, 6.45) is 1.06. The van der Waals surface area contributed by atoms with Gasteiger partial charge in [-0.3, -0.25) is 0 Å². The summed E-state index contributed by atoms with van der Waals surface area (Å²) in [4.78, 5) is 15.6. The van der Waals surface area contributed by atoms with E-state index >= 15 is 0 Å². The predicted molar refractivity (Wildman–Crippen MR) is 95.9 cm³/mol. The maximum atomic E-state index is 12.0. The first kappa shape index (κ1) is 17.1. The minimum atomic E-state index is -3.55. The summed E-state index contributed by atoms with van der Waals surface area (Å²) in [5, 5.41) is 12.0. The molecule has 0 unspecified atom stereocenters. The van der Waals surface area contributed by atoms with Crippen LogP contribution in [0.2, 0.25) is 5.02 Å². The Kier molecular flexibility index (Phi) is 4.48. The Labute approximate surface area is 151 Å². The minimum Gasteiger partial charge on any atom is -0.477 e. The lowest BCUT2D eigenvalue weighted by Gasteiger charge is -1.98. The number of thiophene rings is 1. The number of nitrogens with zero attached hydrogens (tertiary/aromatic N) is 1. The van der Waals surface area contributed by atoms with E-state index in [2.05, 4.69) is 4.98 Å². The molecule has 0 saturated heterocycles. The summed E-state index contributed by atoms with van der Waals surface area (Å²) < 4.78 is 23.9. The Bertz CT molecular complexity index is 1020. The summed E-state index contributed by atoms with van der Waals surface area (Å²) in [5.41, 5.74) is 1.84. The number of benzene rings is 1. The lowest BCUT2D eigenvalue weighted by molar-refractivity contribution is 0.0702. The highest BCUT2D eigenvalue weighted by atomic mass is 35.5. The number of rotatable bonds is 4. The molecule has 0 saturated carbocycles. The van der Waals surface area contributed by atoms with E-state index < -0.39 is 15.8 Å². The van der Waals surface area contributed by atoms with Crippen LogP contribution in [0.15, 0.2) is 39.9 Å². The fourth-order valence-electron chi connectivity index (χ4n) is 2.05. The Morgan fingerprint density at radius 3 is 2.50 bits per heavy atom. The summed E-state index contributed by atoms with van der Waals surface area (Å²) in [7, 11) is -3.55. The zero-order valence-electron chi connectivity index (χ0n) is 12.2. The average Bonchev–Trinajstić information content (AvgIpc) is 3.14. The van der Waals surface area contributed by atoms with Gasteiger partial charge in [-0.05, 0) is 18.2 Å². The number of aromatic nitrogens is 1. The van der Waals surface area contributed by atoms with Gasteiger partial charge in [-0.2, -0.15) is 0 Å². The lowest BCUT2D eigenvalue weighted by Crippen LogP contribution is -1.95. The molecule has 9 heteroatoms. The van der Waals surface area contributed by atoms with Gasteiger partial charge in [0.15, 0.2) is 9.84 Å². The SMILES string of the molecule is CS(=O)(=O)c1sc(C(=O)O)cc1-c1nc(-c2ccc(Cl)cc2)cs1. The number of aromatic carboxylic acids is 1. The van der Waals surface area contributed by atoms with Crippen molar-refractivity contribution in [2.24, 2.45) is 0 Å². The Morgan fingerprint density at radius 1 is 1.25 bits per heavy atom. The molecule has 0 aliphatic rings. The molecule has 5 nitrogen and oxygen atoms in total. The van der Waals surface area contributed by atoms with Crippen molar-refractivity contribution in [3.05, 3.63) is 45.6 Å². The third kappa shape index (κ3) is 3.36. The number of hydrogen-bond acceptors (Lipinski definition) is 6. The molecule has 3 rings (SSSR count). The fourth-order valence-corrected chi connectivity index (χ4v) is 5.32. The maximum Gasteiger partial charge on any atom is 0.345 e. The van der Waals surface area contributed by atoms with E-state index in [0.29, 0.717) is 21.3 Å². The van der Waals surface area contributed by atoms with Gasteiger partial charge in [-0.15, -0.1) is 22.7 Å². The van der Waals surface area contributed by atoms with Crippen molar-refractivity contribution in [3.63, 3.8) is 0 Å². The predicted octanol–water partition coefficient (Wildman–Crippen LogP) is 4.29. The number of carboxylic acid groups (broad SMARTS) is 1. The van der Waals surface area contributed by atoms with Gasteiger partial charge < -0.3 is 5.11 Å². The van der Waals surface area contributed by atoms with Crippen LogP contribution in [0.4, 0.5) is 0 Å². The van der Waals surface area contributed by atoms with Crippen molar-refractivity contribution in [1.82, 2.24) is 4.98 Å². The highest BCUT2D eigenvalue weighted by Gasteiger charge is 2.24. The first-order valence-electron chi connectivity index (χ1n) is 6.55. The molecule has 24 heavy (non-hydrogen) atoms. The van der Waals surface area contributed by atoms with Gasteiger partial charge in [0, 0.05) is 27.8 Å². The van der Waals surface area contributed by atoms with Crippen LogP contribution in [-0.2, 0) is 9.84 Å². The van der Waals surface area contributed by atoms with Gasteiger partial charge in [0.25, 0.3) is 0 Å². The summed E-state index contributed by atoms with van der Waals surface area (Å²) in [5.74, 6) is -1.16. The van der Waals surface area contributed by atoms with E-state index in [1.165, 1.54) is 17.4 Å². The molecular weight excluding hydrogens is 390 g/mol. The van der Waals surface area contributed by atoms with E-state index in [1.807, 2.05) is 12.1 Å². The monoisotopic (exact) mass is 399 g/mol. The third-order valence-corrected chi connectivity index (χ3v) is 7.22. The molecule has 3 aromatic rings. The third-order valence-electron chi connectivity index (χ3n) is 3.12. The molecule has 1 N–H and O–H groups in total. The Morgan fingerprint density at radius 2 is 1.92 bits per heavy atom. The zero-order valence-corrected chi connectivity index (χ0v) is 15.4. The maximum absolute atomic E-state index is 12.0. The molecule has 0 amide bonds. The van der Waals surface area contributed by atoms with Crippen molar-refractivity contribution >= 4 is 50.1 Å². The van der Waals surface area contributed by atoms with Gasteiger partial charge in [0.2, 0.25) is 0 Å². The molecule has 0 fully saturated rings. The summed E-state index contributed by atoms with van der Waals surface area (Å²) in [6, 6.07) is 8.47. The van der Waals surface area contributed by atoms with Crippen LogP contribution < -0.4 is 0 Å². The van der Waals surface area contributed by atoms with Crippen LogP contribution in [0.3, 0.4) is 0 Å².